The van der Waals surface area contributed by atoms with Gasteiger partial charge in [-0.1, -0.05) is 57.2 Å². The van der Waals surface area contributed by atoms with Gasteiger partial charge in [0.2, 0.25) is 0 Å². The smallest absolute Gasteiger partial charge is 0.00727 e. The SMILES string of the molecule is CN(C)CC(C1C=Cc2ccccc21)C(C)(C)C. The van der Waals surface area contributed by atoms with Gasteiger partial charge in [-0.15, -0.1) is 0 Å². The molecule has 0 fully saturated rings. The first-order valence-corrected chi connectivity index (χ1v) is 6.81. The Hall–Kier alpha value is -1.08. The van der Waals surface area contributed by atoms with Crippen molar-refractivity contribution in [3.8, 4) is 0 Å². The molecule has 0 radical (unpaired) electrons. The quantitative estimate of drug-likeness (QED) is 0.775. The number of nitrogens with zero attached hydrogens (tertiary/aromatic N) is 1. The highest BCUT2D eigenvalue weighted by atomic mass is 15.1. The summed E-state index contributed by atoms with van der Waals surface area (Å²) in [5.41, 5.74) is 3.21. The molecule has 1 aliphatic carbocycles. The van der Waals surface area contributed by atoms with Crippen molar-refractivity contribution in [2.75, 3.05) is 20.6 Å². The molecule has 2 unspecified atom stereocenters. The van der Waals surface area contributed by atoms with Crippen molar-refractivity contribution in [3.05, 3.63) is 41.5 Å². The van der Waals surface area contributed by atoms with E-state index in [0.717, 1.165) is 6.54 Å². The van der Waals surface area contributed by atoms with Gasteiger partial charge in [-0.25, -0.2) is 0 Å². The van der Waals surface area contributed by atoms with Gasteiger partial charge in [0.05, 0.1) is 0 Å². The zero-order chi connectivity index (χ0) is 13.3. The van der Waals surface area contributed by atoms with Crippen LogP contribution in [0.5, 0.6) is 0 Å². The van der Waals surface area contributed by atoms with E-state index in [1.165, 1.54) is 11.1 Å². The first-order valence-electron chi connectivity index (χ1n) is 6.81. The van der Waals surface area contributed by atoms with Crippen LogP contribution in [0.2, 0.25) is 0 Å². The van der Waals surface area contributed by atoms with E-state index in [1.54, 1.807) is 0 Å². The van der Waals surface area contributed by atoms with E-state index in [2.05, 4.69) is 76.2 Å². The van der Waals surface area contributed by atoms with Crippen molar-refractivity contribution in [2.24, 2.45) is 11.3 Å². The number of rotatable bonds is 3. The maximum Gasteiger partial charge on any atom is 0.00727 e. The molecule has 0 spiro atoms. The lowest BCUT2D eigenvalue weighted by molar-refractivity contribution is 0.169. The Morgan fingerprint density at radius 2 is 1.83 bits per heavy atom. The van der Waals surface area contributed by atoms with Gasteiger partial charge in [0, 0.05) is 12.5 Å². The van der Waals surface area contributed by atoms with Gasteiger partial charge in [0.1, 0.15) is 0 Å². The van der Waals surface area contributed by atoms with Crippen LogP contribution in [0.3, 0.4) is 0 Å². The first kappa shape index (κ1) is 13.4. The number of fused-ring (bicyclic) bond motifs is 1. The Morgan fingerprint density at radius 1 is 1.17 bits per heavy atom. The molecule has 1 aromatic carbocycles. The molecule has 98 valence electrons. The highest BCUT2D eigenvalue weighted by Crippen LogP contribution is 2.43. The summed E-state index contributed by atoms with van der Waals surface area (Å²) >= 11 is 0. The lowest BCUT2D eigenvalue weighted by Gasteiger charge is -2.37. The molecule has 0 bridgehead atoms. The predicted molar refractivity (Wildman–Crippen MR) is 79.7 cm³/mol. The number of hydrogen-bond acceptors (Lipinski definition) is 1. The summed E-state index contributed by atoms with van der Waals surface area (Å²) < 4.78 is 0. The largest absolute Gasteiger partial charge is 0.309 e. The fourth-order valence-corrected chi connectivity index (χ4v) is 2.95. The van der Waals surface area contributed by atoms with Gasteiger partial charge in [-0.05, 0) is 36.6 Å². The standard InChI is InChI=1S/C17H25N/c1-17(2,3)16(12-18(4)5)15-11-10-13-8-6-7-9-14(13)15/h6-11,15-16H,12H2,1-5H3. The van der Waals surface area contributed by atoms with Crippen LogP contribution in [-0.4, -0.2) is 25.5 Å². The minimum absolute atomic E-state index is 0.316. The van der Waals surface area contributed by atoms with Gasteiger partial charge >= 0.3 is 0 Å². The summed E-state index contributed by atoms with van der Waals surface area (Å²) in [5.74, 6) is 1.20. The minimum Gasteiger partial charge on any atom is -0.309 e. The Balaban J connectivity index is 2.31. The summed E-state index contributed by atoms with van der Waals surface area (Å²) in [6.07, 6.45) is 4.68. The van der Waals surface area contributed by atoms with Crippen LogP contribution in [-0.2, 0) is 0 Å². The Labute approximate surface area is 112 Å². The van der Waals surface area contributed by atoms with Crippen LogP contribution in [0.15, 0.2) is 30.3 Å². The maximum atomic E-state index is 2.39. The summed E-state index contributed by atoms with van der Waals surface area (Å²) in [4.78, 5) is 2.31. The van der Waals surface area contributed by atoms with Crippen molar-refractivity contribution in [2.45, 2.75) is 26.7 Å². The molecule has 1 aliphatic rings. The van der Waals surface area contributed by atoms with Crippen LogP contribution in [0.1, 0.15) is 37.8 Å². The molecule has 2 rings (SSSR count). The van der Waals surface area contributed by atoms with Crippen molar-refractivity contribution in [1.82, 2.24) is 4.90 Å². The molecule has 0 saturated carbocycles. The Bertz CT molecular complexity index is 437. The molecule has 0 amide bonds. The van der Waals surface area contributed by atoms with Crippen LogP contribution >= 0.6 is 0 Å². The zero-order valence-corrected chi connectivity index (χ0v) is 12.3. The van der Waals surface area contributed by atoms with Gasteiger partial charge in [0.15, 0.2) is 0 Å². The third-order valence-corrected chi connectivity index (χ3v) is 3.95. The molecule has 1 heteroatoms. The lowest BCUT2D eigenvalue weighted by atomic mass is 9.71. The molecule has 18 heavy (non-hydrogen) atoms. The molecular formula is C17H25N. The van der Waals surface area contributed by atoms with E-state index in [9.17, 15) is 0 Å². The molecular weight excluding hydrogens is 218 g/mol. The zero-order valence-electron chi connectivity index (χ0n) is 12.3. The topological polar surface area (TPSA) is 3.24 Å². The highest BCUT2D eigenvalue weighted by molar-refractivity contribution is 5.62. The Morgan fingerprint density at radius 3 is 2.44 bits per heavy atom. The second kappa shape index (κ2) is 4.89. The molecule has 0 aliphatic heterocycles. The van der Waals surface area contributed by atoms with Gasteiger partial charge in [0.25, 0.3) is 0 Å². The van der Waals surface area contributed by atoms with E-state index in [4.69, 9.17) is 0 Å². The monoisotopic (exact) mass is 243 g/mol. The molecule has 0 N–H and O–H groups in total. The average Bonchev–Trinajstić information content (AvgIpc) is 2.67. The van der Waals surface area contributed by atoms with Crippen LogP contribution in [0.25, 0.3) is 6.08 Å². The molecule has 0 heterocycles. The van der Waals surface area contributed by atoms with Crippen molar-refractivity contribution in [3.63, 3.8) is 0 Å². The normalized spacial score (nSPS) is 20.2. The average molecular weight is 243 g/mol. The fourth-order valence-electron chi connectivity index (χ4n) is 2.95. The molecule has 2 atom stereocenters. The predicted octanol–water partition coefficient (Wildman–Crippen LogP) is 4.02. The third kappa shape index (κ3) is 2.67. The van der Waals surface area contributed by atoms with Crippen LogP contribution in [0, 0.1) is 11.3 Å². The van der Waals surface area contributed by atoms with Crippen molar-refractivity contribution in [1.29, 1.82) is 0 Å². The van der Waals surface area contributed by atoms with Crippen molar-refractivity contribution >= 4 is 6.08 Å². The second-order valence-corrected chi connectivity index (χ2v) is 6.75. The molecule has 0 saturated heterocycles. The van der Waals surface area contributed by atoms with Gasteiger partial charge in [-0.3, -0.25) is 0 Å². The summed E-state index contributed by atoms with van der Waals surface area (Å²) in [6, 6.07) is 8.80. The van der Waals surface area contributed by atoms with Crippen LogP contribution < -0.4 is 0 Å². The van der Waals surface area contributed by atoms with E-state index in [0.29, 0.717) is 17.3 Å². The van der Waals surface area contributed by atoms with Crippen LogP contribution in [0.4, 0.5) is 0 Å². The summed E-state index contributed by atoms with van der Waals surface area (Å²) in [7, 11) is 4.34. The van der Waals surface area contributed by atoms with Gasteiger partial charge in [-0.2, -0.15) is 0 Å². The Kier molecular flexibility index (Phi) is 3.63. The fraction of sp³-hybridized carbons (Fsp3) is 0.529. The van der Waals surface area contributed by atoms with Crippen molar-refractivity contribution < 1.29 is 0 Å². The highest BCUT2D eigenvalue weighted by Gasteiger charge is 2.34. The number of hydrogen-bond donors (Lipinski definition) is 0. The molecule has 0 aromatic heterocycles. The van der Waals surface area contributed by atoms with E-state index in [1.807, 2.05) is 0 Å². The van der Waals surface area contributed by atoms with Gasteiger partial charge < -0.3 is 4.90 Å². The van der Waals surface area contributed by atoms with E-state index >= 15 is 0 Å². The summed E-state index contributed by atoms with van der Waals surface area (Å²) in [6.45, 7) is 8.20. The maximum absolute atomic E-state index is 2.39. The first-order chi connectivity index (χ1) is 8.39. The summed E-state index contributed by atoms with van der Waals surface area (Å²) in [5, 5.41) is 0. The van der Waals surface area contributed by atoms with E-state index in [-0.39, 0.29) is 0 Å². The lowest BCUT2D eigenvalue weighted by Crippen LogP contribution is -2.34. The minimum atomic E-state index is 0.316. The van der Waals surface area contributed by atoms with E-state index < -0.39 is 0 Å². The second-order valence-electron chi connectivity index (χ2n) is 6.75. The molecule has 1 nitrogen and oxygen atoms in total. The molecule has 1 aromatic rings. The number of allylic oxidation sites excluding steroid dienone is 1. The number of benzene rings is 1. The third-order valence-electron chi connectivity index (χ3n) is 3.95.